The lowest BCUT2D eigenvalue weighted by atomic mass is 10.2. The van der Waals surface area contributed by atoms with E-state index in [-0.39, 0.29) is 5.91 Å². The summed E-state index contributed by atoms with van der Waals surface area (Å²) in [5.41, 5.74) is 1.89. The molecule has 7 heteroatoms. The molecule has 0 spiro atoms. The molecule has 0 N–H and O–H groups in total. The van der Waals surface area contributed by atoms with Crippen LogP contribution in [0.2, 0.25) is 0 Å². The Morgan fingerprint density at radius 1 is 1.46 bits per heavy atom. The van der Waals surface area contributed by atoms with E-state index in [0.717, 1.165) is 15.7 Å². The zero-order valence-electron chi connectivity index (χ0n) is 12.9. The van der Waals surface area contributed by atoms with Crippen molar-refractivity contribution in [2.24, 2.45) is 4.99 Å². The van der Waals surface area contributed by atoms with E-state index < -0.39 is 0 Å². The summed E-state index contributed by atoms with van der Waals surface area (Å²) >= 11 is 6.27. The second kappa shape index (κ2) is 7.46. The monoisotopic (exact) mass is 419 g/mol. The van der Waals surface area contributed by atoms with Gasteiger partial charge in [0, 0.05) is 16.4 Å². The number of aromatic nitrogens is 1. The fourth-order valence-corrected chi connectivity index (χ4v) is 4.23. The Balaban J connectivity index is 1.95. The molecule has 1 saturated heterocycles. The van der Waals surface area contributed by atoms with Crippen LogP contribution in [-0.2, 0) is 4.79 Å². The molecule has 0 saturated carbocycles. The number of hydrogen-bond acceptors (Lipinski definition) is 5. The van der Waals surface area contributed by atoms with E-state index in [1.165, 1.54) is 23.1 Å². The Hall–Kier alpha value is -1.70. The Bertz CT molecular complexity index is 857. The molecule has 0 atom stereocenters. The van der Waals surface area contributed by atoms with Gasteiger partial charge in [0.15, 0.2) is 5.17 Å². The van der Waals surface area contributed by atoms with Crippen LogP contribution in [0.25, 0.3) is 6.08 Å². The van der Waals surface area contributed by atoms with Gasteiger partial charge in [-0.15, -0.1) is 17.9 Å². The third-order valence-electron chi connectivity index (χ3n) is 3.14. The van der Waals surface area contributed by atoms with Gasteiger partial charge in [-0.1, -0.05) is 34.1 Å². The standard InChI is InChI=1S/C17H14BrN3OS2/c1-3-7-21-15(22)14(9-12-5-4-6-13(18)8-12)24-17(21)20-16-19-11(2)10-23-16/h3-6,8-10H,1,7H2,2H3/b14-9-,20-17+. The van der Waals surface area contributed by atoms with E-state index in [2.05, 4.69) is 32.5 Å². The lowest BCUT2D eigenvalue weighted by Crippen LogP contribution is -2.29. The quantitative estimate of drug-likeness (QED) is 0.516. The van der Waals surface area contributed by atoms with Gasteiger partial charge in [0.25, 0.3) is 5.91 Å². The van der Waals surface area contributed by atoms with E-state index in [4.69, 9.17) is 0 Å². The topological polar surface area (TPSA) is 45.6 Å². The molecule has 0 bridgehead atoms. The zero-order chi connectivity index (χ0) is 17.1. The van der Waals surface area contributed by atoms with Crippen LogP contribution in [-0.4, -0.2) is 27.5 Å². The number of carbonyl (C=O) groups excluding carboxylic acids is 1. The summed E-state index contributed by atoms with van der Waals surface area (Å²) in [6.45, 7) is 6.07. The number of rotatable bonds is 4. The second-order valence-electron chi connectivity index (χ2n) is 5.04. The van der Waals surface area contributed by atoms with Gasteiger partial charge in [-0.2, -0.15) is 4.99 Å². The average molecular weight is 420 g/mol. The number of aryl methyl sites for hydroxylation is 1. The molecule has 1 aliphatic rings. The molecule has 2 aromatic rings. The molecule has 2 heterocycles. The SMILES string of the molecule is C=CCN1C(=O)/C(=C/c2cccc(Br)c2)S/C1=N/c1nc(C)cs1. The van der Waals surface area contributed by atoms with Crippen LogP contribution in [0.1, 0.15) is 11.3 Å². The van der Waals surface area contributed by atoms with Crippen molar-refractivity contribution in [2.45, 2.75) is 6.92 Å². The molecule has 1 aromatic heterocycles. The molecular weight excluding hydrogens is 406 g/mol. The molecule has 0 aliphatic carbocycles. The molecule has 1 amide bonds. The first kappa shape index (κ1) is 17.1. The van der Waals surface area contributed by atoms with Crippen molar-refractivity contribution in [1.82, 2.24) is 9.88 Å². The highest BCUT2D eigenvalue weighted by Crippen LogP contribution is 2.34. The highest BCUT2D eigenvalue weighted by molar-refractivity contribution is 9.10. The number of nitrogens with zero attached hydrogens (tertiary/aromatic N) is 3. The summed E-state index contributed by atoms with van der Waals surface area (Å²) in [7, 11) is 0. The first-order valence-electron chi connectivity index (χ1n) is 7.15. The number of halogens is 1. The van der Waals surface area contributed by atoms with Crippen LogP contribution < -0.4 is 0 Å². The third kappa shape index (κ3) is 3.85. The lowest BCUT2D eigenvalue weighted by Gasteiger charge is -2.11. The fourth-order valence-electron chi connectivity index (χ4n) is 2.10. The summed E-state index contributed by atoms with van der Waals surface area (Å²) in [6, 6.07) is 7.82. The van der Waals surface area contributed by atoms with Gasteiger partial charge in [0.1, 0.15) is 0 Å². The smallest absolute Gasteiger partial charge is 0.267 e. The summed E-state index contributed by atoms with van der Waals surface area (Å²) < 4.78 is 0.974. The van der Waals surface area contributed by atoms with Crippen LogP contribution in [0.3, 0.4) is 0 Å². The van der Waals surface area contributed by atoms with Crippen molar-refractivity contribution in [3.05, 3.63) is 62.9 Å². The molecule has 1 aromatic carbocycles. The average Bonchev–Trinajstić information content (AvgIpc) is 3.07. The molecular formula is C17H14BrN3OS2. The van der Waals surface area contributed by atoms with E-state index in [9.17, 15) is 4.79 Å². The van der Waals surface area contributed by atoms with Gasteiger partial charge in [0.2, 0.25) is 5.13 Å². The number of hydrogen-bond donors (Lipinski definition) is 0. The van der Waals surface area contributed by atoms with E-state index in [0.29, 0.717) is 21.7 Å². The largest absolute Gasteiger partial charge is 0.282 e. The number of amidine groups is 1. The van der Waals surface area contributed by atoms with Crippen LogP contribution in [0.5, 0.6) is 0 Å². The Morgan fingerprint density at radius 3 is 2.96 bits per heavy atom. The summed E-state index contributed by atoms with van der Waals surface area (Å²) in [4.78, 5) is 23.8. The first-order valence-corrected chi connectivity index (χ1v) is 9.64. The van der Waals surface area contributed by atoms with Gasteiger partial charge in [-0.05, 0) is 42.5 Å². The minimum Gasteiger partial charge on any atom is -0.282 e. The fraction of sp³-hybridized carbons (Fsp3) is 0.118. The number of aliphatic imine (C=N–C) groups is 1. The van der Waals surface area contributed by atoms with Gasteiger partial charge >= 0.3 is 0 Å². The molecule has 24 heavy (non-hydrogen) atoms. The molecule has 4 nitrogen and oxygen atoms in total. The zero-order valence-corrected chi connectivity index (χ0v) is 16.1. The summed E-state index contributed by atoms with van der Waals surface area (Å²) in [5.74, 6) is -0.0631. The molecule has 0 unspecified atom stereocenters. The Kier molecular flexibility index (Phi) is 5.33. The first-order chi connectivity index (χ1) is 11.6. The van der Waals surface area contributed by atoms with Crippen LogP contribution in [0.4, 0.5) is 5.13 Å². The van der Waals surface area contributed by atoms with E-state index >= 15 is 0 Å². The Morgan fingerprint density at radius 2 is 2.29 bits per heavy atom. The minimum absolute atomic E-state index is 0.0631. The number of thiazole rings is 1. The molecule has 0 radical (unpaired) electrons. The number of thioether (sulfide) groups is 1. The van der Waals surface area contributed by atoms with Crippen molar-refractivity contribution >= 4 is 61.3 Å². The molecule has 1 fully saturated rings. The van der Waals surface area contributed by atoms with Crippen LogP contribution >= 0.6 is 39.0 Å². The molecule has 122 valence electrons. The minimum atomic E-state index is -0.0631. The molecule has 3 rings (SSSR count). The maximum absolute atomic E-state index is 12.7. The maximum atomic E-state index is 12.7. The van der Waals surface area contributed by atoms with E-state index in [1.54, 1.807) is 11.0 Å². The van der Waals surface area contributed by atoms with Gasteiger partial charge in [-0.25, -0.2) is 4.98 Å². The molecule has 1 aliphatic heterocycles. The van der Waals surface area contributed by atoms with Crippen molar-refractivity contribution in [3.8, 4) is 0 Å². The van der Waals surface area contributed by atoms with Crippen molar-refractivity contribution < 1.29 is 4.79 Å². The second-order valence-corrected chi connectivity index (χ2v) is 7.80. The Labute approximate surface area is 157 Å². The summed E-state index contributed by atoms with van der Waals surface area (Å²) in [5, 5.41) is 3.23. The van der Waals surface area contributed by atoms with Crippen LogP contribution in [0, 0.1) is 6.92 Å². The van der Waals surface area contributed by atoms with Crippen molar-refractivity contribution in [2.75, 3.05) is 6.54 Å². The van der Waals surface area contributed by atoms with Crippen molar-refractivity contribution in [1.29, 1.82) is 0 Å². The highest BCUT2D eigenvalue weighted by Gasteiger charge is 2.32. The normalized spacial score (nSPS) is 17.9. The predicted octanol–water partition coefficient (Wildman–Crippen LogP) is 5.00. The van der Waals surface area contributed by atoms with E-state index in [1.807, 2.05) is 42.6 Å². The van der Waals surface area contributed by atoms with Gasteiger partial charge in [0.05, 0.1) is 10.6 Å². The number of benzene rings is 1. The predicted molar refractivity (Wildman–Crippen MR) is 106 cm³/mol. The maximum Gasteiger partial charge on any atom is 0.267 e. The summed E-state index contributed by atoms with van der Waals surface area (Å²) in [6.07, 6.45) is 3.58. The third-order valence-corrected chi connectivity index (χ3v) is 5.50. The number of amides is 1. The van der Waals surface area contributed by atoms with Crippen LogP contribution in [0.15, 0.2) is 56.7 Å². The van der Waals surface area contributed by atoms with Crippen molar-refractivity contribution in [3.63, 3.8) is 0 Å². The highest BCUT2D eigenvalue weighted by atomic mass is 79.9. The van der Waals surface area contributed by atoms with Gasteiger partial charge < -0.3 is 0 Å². The van der Waals surface area contributed by atoms with Gasteiger partial charge in [-0.3, -0.25) is 9.69 Å². The number of carbonyl (C=O) groups is 1. The lowest BCUT2D eigenvalue weighted by molar-refractivity contribution is -0.121.